The molecule has 206 valence electrons. The van der Waals surface area contributed by atoms with Gasteiger partial charge in [-0.05, 0) is 68.7 Å². The van der Waals surface area contributed by atoms with Gasteiger partial charge in [0.2, 0.25) is 0 Å². The molecule has 0 radical (unpaired) electrons. The van der Waals surface area contributed by atoms with Crippen molar-refractivity contribution in [2.75, 3.05) is 6.61 Å². The summed E-state index contributed by atoms with van der Waals surface area (Å²) < 4.78 is 28.0. The molecule has 1 unspecified atom stereocenters. The summed E-state index contributed by atoms with van der Waals surface area (Å²) in [5, 5.41) is 11.0. The highest BCUT2D eigenvalue weighted by molar-refractivity contribution is 7.47. The number of aryl methyl sites for hydroxylation is 1. The van der Waals surface area contributed by atoms with Crippen LogP contribution in [0.2, 0.25) is 0 Å². The lowest BCUT2D eigenvalue weighted by atomic mass is 9.73. The Morgan fingerprint density at radius 3 is 2.58 bits per heavy atom. The van der Waals surface area contributed by atoms with Crippen molar-refractivity contribution in [1.82, 2.24) is 0 Å². The van der Waals surface area contributed by atoms with Crippen molar-refractivity contribution in [2.45, 2.75) is 71.8 Å². The van der Waals surface area contributed by atoms with Crippen LogP contribution in [0.25, 0.3) is 0 Å². The molecular weight excluding hydrogens is 503 g/mol. The van der Waals surface area contributed by atoms with Gasteiger partial charge in [-0.25, -0.2) is 4.57 Å². The van der Waals surface area contributed by atoms with Crippen molar-refractivity contribution in [1.29, 1.82) is 0 Å². The number of benzene rings is 2. The van der Waals surface area contributed by atoms with E-state index in [0.29, 0.717) is 11.3 Å². The molecule has 2 aromatic carbocycles. The number of allylic oxidation sites excluding steroid dienone is 3. The van der Waals surface area contributed by atoms with E-state index in [0.717, 1.165) is 42.4 Å². The third-order valence-corrected chi connectivity index (χ3v) is 7.64. The summed E-state index contributed by atoms with van der Waals surface area (Å²) in [5.41, 5.74) is 4.47. The summed E-state index contributed by atoms with van der Waals surface area (Å²) in [6.45, 7) is 10.1. The summed E-state index contributed by atoms with van der Waals surface area (Å²) in [6, 6.07) is 12.6. The Labute approximate surface area is 225 Å². The van der Waals surface area contributed by atoms with Gasteiger partial charge in [0.15, 0.2) is 0 Å². The molecule has 0 heterocycles. The van der Waals surface area contributed by atoms with E-state index in [1.54, 1.807) is 30.3 Å². The predicted molar refractivity (Wildman–Crippen MR) is 148 cm³/mol. The number of phosphoric acid groups is 1. The van der Waals surface area contributed by atoms with Gasteiger partial charge in [0.25, 0.3) is 0 Å². The minimum absolute atomic E-state index is 0.0274. The van der Waals surface area contributed by atoms with Gasteiger partial charge in [0.1, 0.15) is 11.5 Å². The highest BCUT2D eigenvalue weighted by atomic mass is 31.2. The Morgan fingerprint density at radius 2 is 1.89 bits per heavy atom. The molecule has 0 bridgehead atoms. The fourth-order valence-electron chi connectivity index (χ4n) is 4.76. The minimum Gasteiger partial charge on any atom is -0.507 e. The van der Waals surface area contributed by atoms with Crippen LogP contribution >= 0.6 is 7.82 Å². The average molecular weight is 543 g/mol. The maximum Gasteiger partial charge on any atom is 0.472 e. The van der Waals surface area contributed by atoms with E-state index < -0.39 is 13.8 Å². The van der Waals surface area contributed by atoms with Crippen molar-refractivity contribution in [3.05, 3.63) is 83.0 Å². The van der Waals surface area contributed by atoms with Crippen molar-refractivity contribution in [3.63, 3.8) is 0 Å². The van der Waals surface area contributed by atoms with E-state index in [1.165, 1.54) is 5.57 Å². The topological polar surface area (TPSA) is 102 Å². The number of ether oxygens (including phenoxy) is 1. The molecule has 2 aromatic rings. The van der Waals surface area contributed by atoms with Crippen LogP contribution in [0.15, 0.2) is 66.3 Å². The smallest absolute Gasteiger partial charge is 0.472 e. The zero-order valence-corrected chi connectivity index (χ0v) is 23.4. The number of phosphoric ester groups is 1. The Balaban J connectivity index is 1.65. The van der Waals surface area contributed by atoms with Crippen LogP contribution in [0.5, 0.6) is 11.5 Å². The number of esters is 1. The lowest BCUT2D eigenvalue weighted by Crippen LogP contribution is -2.19. The van der Waals surface area contributed by atoms with Crippen LogP contribution < -0.4 is 4.74 Å². The summed E-state index contributed by atoms with van der Waals surface area (Å²) in [7, 11) is -4.25. The van der Waals surface area contributed by atoms with Gasteiger partial charge >= 0.3 is 13.8 Å². The zero-order chi connectivity index (χ0) is 27.7. The zero-order valence-electron chi connectivity index (χ0n) is 22.5. The molecule has 8 heteroatoms. The third kappa shape index (κ3) is 8.67. The SMILES string of the molecule is C=C(C)[C@@H]1CCC(C)=C[C@H]1c1c(O)cc(CCC)cc1OC(=O)CCCOP(=O)(O)OCc1ccccc1. The second-order valence-electron chi connectivity index (χ2n) is 9.95. The number of phenols is 1. The number of aromatic hydroxyl groups is 1. The minimum atomic E-state index is -4.25. The molecule has 1 aliphatic carbocycles. The van der Waals surface area contributed by atoms with Crippen molar-refractivity contribution in [3.8, 4) is 11.5 Å². The van der Waals surface area contributed by atoms with Crippen LogP contribution in [-0.2, 0) is 31.4 Å². The van der Waals surface area contributed by atoms with Crippen LogP contribution in [0.3, 0.4) is 0 Å². The maximum atomic E-state index is 12.8. The number of phenolic OH excluding ortho intramolecular Hbond substituents is 1. The average Bonchev–Trinajstić information content (AvgIpc) is 2.86. The third-order valence-electron chi connectivity index (χ3n) is 6.67. The Hall–Kier alpha value is -2.70. The second-order valence-corrected chi connectivity index (χ2v) is 11.4. The van der Waals surface area contributed by atoms with E-state index in [9.17, 15) is 19.4 Å². The lowest BCUT2D eigenvalue weighted by molar-refractivity contribution is -0.134. The van der Waals surface area contributed by atoms with E-state index in [1.807, 2.05) is 26.0 Å². The first-order valence-corrected chi connectivity index (χ1v) is 14.6. The van der Waals surface area contributed by atoms with Crippen molar-refractivity contribution >= 4 is 13.8 Å². The molecule has 0 fully saturated rings. The van der Waals surface area contributed by atoms with E-state index in [-0.39, 0.29) is 43.6 Å². The molecule has 3 atom stereocenters. The highest BCUT2D eigenvalue weighted by Gasteiger charge is 2.31. The van der Waals surface area contributed by atoms with Crippen molar-refractivity contribution < 1.29 is 33.1 Å². The fourth-order valence-corrected chi connectivity index (χ4v) is 5.51. The Kier molecular flexibility index (Phi) is 10.9. The Morgan fingerprint density at radius 1 is 1.16 bits per heavy atom. The first-order chi connectivity index (χ1) is 18.1. The number of hydrogen-bond donors (Lipinski definition) is 2. The Bertz CT molecular complexity index is 1190. The molecular formula is C30H39O7P. The largest absolute Gasteiger partial charge is 0.507 e. The molecule has 2 N–H and O–H groups in total. The maximum absolute atomic E-state index is 12.8. The number of hydrogen-bond acceptors (Lipinski definition) is 6. The molecule has 7 nitrogen and oxygen atoms in total. The summed E-state index contributed by atoms with van der Waals surface area (Å²) in [5.74, 6) is -0.0712. The molecule has 38 heavy (non-hydrogen) atoms. The predicted octanol–water partition coefficient (Wildman–Crippen LogP) is 7.38. The van der Waals surface area contributed by atoms with E-state index in [2.05, 4.69) is 19.6 Å². The first-order valence-electron chi connectivity index (χ1n) is 13.1. The van der Waals surface area contributed by atoms with Crippen LogP contribution in [0.4, 0.5) is 0 Å². The first kappa shape index (κ1) is 29.9. The molecule has 3 rings (SSSR count). The normalized spacial score (nSPS) is 18.9. The monoisotopic (exact) mass is 542 g/mol. The van der Waals surface area contributed by atoms with Gasteiger partial charge in [-0.15, -0.1) is 0 Å². The van der Waals surface area contributed by atoms with Gasteiger partial charge in [-0.2, -0.15) is 0 Å². The molecule has 0 saturated heterocycles. The van der Waals surface area contributed by atoms with Gasteiger partial charge in [-0.3, -0.25) is 13.8 Å². The van der Waals surface area contributed by atoms with E-state index >= 15 is 0 Å². The molecule has 0 spiro atoms. The molecule has 0 amide bonds. The van der Waals surface area contributed by atoms with E-state index in [4.69, 9.17) is 13.8 Å². The van der Waals surface area contributed by atoms with Gasteiger partial charge in [0, 0.05) is 17.9 Å². The standard InChI is InChI=1S/C30H39O7P/c1-5-10-24-18-27(31)30(26-17-22(4)14-15-25(26)21(2)3)28(19-24)37-29(32)13-9-16-35-38(33,34)36-20-23-11-7-6-8-12-23/h6-8,11-12,17-19,25-26,31H,2,5,9-10,13-16,20H2,1,3-4H3,(H,33,34)/t25-,26+/m0/s1. The highest BCUT2D eigenvalue weighted by Crippen LogP contribution is 2.47. The molecule has 1 aliphatic rings. The summed E-state index contributed by atoms with van der Waals surface area (Å²) >= 11 is 0. The molecule has 0 aromatic heterocycles. The lowest BCUT2D eigenvalue weighted by Gasteiger charge is -2.32. The number of rotatable bonds is 13. The number of carbonyl (C=O) groups excluding carboxylic acids is 1. The summed E-state index contributed by atoms with van der Waals surface area (Å²) in [4.78, 5) is 22.7. The van der Waals surface area contributed by atoms with Crippen LogP contribution in [0, 0.1) is 5.92 Å². The summed E-state index contributed by atoms with van der Waals surface area (Å²) in [6.07, 6.45) is 5.78. The van der Waals surface area contributed by atoms with Crippen molar-refractivity contribution in [2.24, 2.45) is 5.92 Å². The number of carbonyl (C=O) groups is 1. The van der Waals surface area contributed by atoms with Gasteiger partial charge in [-0.1, -0.05) is 67.5 Å². The van der Waals surface area contributed by atoms with Gasteiger partial charge < -0.3 is 14.7 Å². The van der Waals surface area contributed by atoms with Gasteiger partial charge in [0.05, 0.1) is 13.2 Å². The van der Waals surface area contributed by atoms with Crippen LogP contribution in [0.1, 0.15) is 75.5 Å². The molecule has 0 aliphatic heterocycles. The quantitative estimate of drug-likeness (QED) is 0.0895. The molecule has 0 saturated carbocycles. The fraction of sp³-hybridized carbons (Fsp3) is 0.433. The van der Waals surface area contributed by atoms with Crippen LogP contribution in [-0.4, -0.2) is 22.6 Å². The second kappa shape index (κ2) is 13.9.